The zero-order valence-electron chi connectivity index (χ0n) is 83.1. The van der Waals surface area contributed by atoms with E-state index in [0.717, 1.165) is 5.56 Å². The number of carbonyl (C=O) groups is 5. The fourth-order valence-electron chi connectivity index (χ4n) is 15.1. The van der Waals surface area contributed by atoms with E-state index in [4.69, 9.17) is 83.7 Å². The van der Waals surface area contributed by atoms with Gasteiger partial charge in [0.15, 0.2) is 66.7 Å². The molecule has 4 heterocycles. The third-order valence-electron chi connectivity index (χ3n) is 28.2. The van der Waals surface area contributed by atoms with Crippen LogP contribution in [0.1, 0.15) is 150 Å². The number of hydrogen-bond donors (Lipinski definition) is 6. The summed E-state index contributed by atoms with van der Waals surface area (Å²) >= 11 is 0. The van der Waals surface area contributed by atoms with Crippen molar-refractivity contribution in [2.45, 2.75) is 357 Å². The highest BCUT2D eigenvalue weighted by atomic mass is 28.4. The molecule has 4 saturated heterocycles. The third-order valence-corrected chi connectivity index (χ3v) is 50.6. The van der Waals surface area contributed by atoms with Crippen LogP contribution in [-0.2, 0) is 117 Å². The molecule has 4 aliphatic heterocycles. The van der Waals surface area contributed by atoms with Crippen molar-refractivity contribution in [3.8, 4) is 0 Å². The number of amides is 5. The second-order valence-corrected chi connectivity index (χ2v) is 67.1. The lowest BCUT2D eigenvalue weighted by atomic mass is 9.83. The van der Waals surface area contributed by atoms with E-state index in [1.165, 1.54) is 0 Å². The average molecular weight is 1950 g/mol. The molecule has 20 atom stereocenters. The number of carbonyl (C=O) groups excluding carboxylic acids is 5. The molecule has 0 aromatic heterocycles. The van der Waals surface area contributed by atoms with Crippen molar-refractivity contribution >= 4 is 72.1 Å². The van der Waals surface area contributed by atoms with E-state index < -0.39 is 220 Å². The Hall–Kier alpha value is -7.81. The first kappa shape index (κ1) is 107. The van der Waals surface area contributed by atoms with Crippen LogP contribution in [0.5, 0.6) is 0 Å². The molecule has 34 heteroatoms. The summed E-state index contributed by atoms with van der Waals surface area (Å²) in [7, 11) is -15.2. The highest BCUT2D eigenvalue weighted by molar-refractivity contribution is 6.76. The molecule has 134 heavy (non-hydrogen) atoms. The van der Waals surface area contributed by atoms with Crippen LogP contribution in [0, 0.1) is 0 Å². The van der Waals surface area contributed by atoms with Crippen molar-refractivity contribution in [3.05, 3.63) is 215 Å². The fraction of sp³-hybridized carbons (Fsp3) is 0.590. The summed E-state index contributed by atoms with van der Waals surface area (Å²) < 4.78 is 128. The van der Waals surface area contributed by atoms with E-state index in [9.17, 15) is 14.7 Å². The molecule has 1 unspecified atom stereocenters. The molecular formula is C100H149N5O24Si5. The highest BCUT2D eigenvalue weighted by Gasteiger charge is 2.63. The Bertz CT molecular complexity index is 4720. The Morgan fingerprint density at radius 2 is 0.687 bits per heavy atom. The topological polar surface area (TPSA) is 332 Å². The average Bonchev–Trinajstić information content (AvgIpc) is 0.762. The smallest absolute Gasteiger partial charge is 0.407 e. The molecule has 5 aliphatic rings. The lowest BCUT2D eigenvalue weighted by Gasteiger charge is -2.54. The Balaban J connectivity index is 1.11. The Morgan fingerprint density at radius 1 is 0.351 bits per heavy atom. The van der Waals surface area contributed by atoms with Crippen molar-refractivity contribution in [2.24, 2.45) is 0 Å². The molecule has 5 fully saturated rings. The van der Waals surface area contributed by atoms with E-state index in [0.29, 0.717) is 27.8 Å². The molecule has 6 aromatic rings. The van der Waals surface area contributed by atoms with Gasteiger partial charge >= 0.3 is 30.5 Å². The summed E-state index contributed by atoms with van der Waals surface area (Å²) in [6.07, 6.45) is -26.3. The van der Waals surface area contributed by atoms with Crippen LogP contribution < -0.4 is 26.6 Å². The van der Waals surface area contributed by atoms with Crippen LogP contribution >= 0.6 is 0 Å². The van der Waals surface area contributed by atoms with Crippen molar-refractivity contribution in [1.82, 2.24) is 26.6 Å². The van der Waals surface area contributed by atoms with Gasteiger partial charge in [0.2, 0.25) is 0 Å². The summed E-state index contributed by atoms with van der Waals surface area (Å²) in [5, 5.41) is 27.2. The summed E-state index contributed by atoms with van der Waals surface area (Å²) in [5.74, 6) is 0. The van der Waals surface area contributed by atoms with Gasteiger partial charge in [0.25, 0.3) is 0 Å². The van der Waals surface area contributed by atoms with E-state index in [1.54, 1.807) is 12.1 Å². The Kier molecular flexibility index (Phi) is 35.8. The van der Waals surface area contributed by atoms with Gasteiger partial charge in [-0.05, 0) is 125 Å². The summed E-state index contributed by atoms with van der Waals surface area (Å²) in [6.45, 7) is 51.4. The van der Waals surface area contributed by atoms with Gasteiger partial charge in [-0.15, -0.1) is 0 Å². The van der Waals surface area contributed by atoms with Crippen LogP contribution in [0.4, 0.5) is 24.0 Å². The third kappa shape index (κ3) is 28.3. The monoisotopic (exact) mass is 1940 g/mol. The highest BCUT2D eigenvalue weighted by Crippen LogP contribution is 2.49. The van der Waals surface area contributed by atoms with E-state index >= 15 is 14.4 Å². The van der Waals surface area contributed by atoms with Gasteiger partial charge < -0.3 is 115 Å². The molecule has 29 nitrogen and oxygen atoms in total. The number of aliphatic hydroxyl groups excluding tert-OH is 1. The molecule has 11 rings (SSSR count). The molecule has 5 amide bonds. The van der Waals surface area contributed by atoms with Gasteiger partial charge in [-0.1, -0.05) is 286 Å². The molecule has 6 N–H and O–H groups in total. The number of rotatable bonds is 34. The lowest BCUT2D eigenvalue weighted by molar-refractivity contribution is -0.356. The van der Waals surface area contributed by atoms with Gasteiger partial charge in [-0.2, -0.15) is 0 Å². The number of aliphatic hydroxyl groups is 1. The van der Waals surface area contributed by atoms with E-state index in [-0.39, 0.29) is 59.2 Å². The van der Waals surface area contributed by atoms with Gasteiger partial charge in [0.05, 0.1) is 37.5 Å². The van der Waals surface area contributed by atoms with Crippen molar-refractivity contribution in [2.75, 3.05) is 19.8 Å². The zero-order valence-corrected chi connectivity index (χ0v) is 88.1. The summed E-state index contributed by atoms with van der Waals surface area (Å²) in [4.78, 5) is 75.0. The molecule has 1 aliphatic carbocycles. The molecule has 6 aromatic carbocycles. The number of benzene rings is 6. The predicted octanol–water partition coefficient (Wildman–Crippen LogP) is 18.9. The maximum absolute atomic E-state index is 15.4. The fourth-order valence-corrected chi connectivity index (χ4v) is 21.3. The quantitative estimate of drug-likeness (QED) is 0.0161. The SMILES string of the molecule is CC(C)(C)[Si](C)(C)OC[C@H]1O[C@@H](O[C@@H]2[C@@H](O)[C@H](NC(=O)OCc3ccccc3)C[C@H](NC(=O)OCc3ccccc3)[C@H]2O[C@H]2O[C@@H]3COC(c4ccccc4)O[C@H]3[C@H](O[Si](C)(C)C(C)(C)C)[C@H]2NC(=O)OCc2ccccc2)[C@H](O[Si](C)(C)C(C)(C)C)[C@@H]1O[C@H]1O[C@@H](CNC(=O)OCc2ccccc2)[C@@H](O[Si](C)(C)C(C)(C)C)[C@H](O[Si](C)(C)C(C)(C)C)[C@H]1NC(=O)OCc1ccccc1. The standard InChI is InChI=1S/C100H149N5O24Si5/c1-96(2,3)130(16,17)118-64-75-81(124-88-77(105-95(111)117-62-69-52-40-30-41-53-69)84(128-133(22,23)99(10,11)12)82(126-131(18,19)97(4,5)6)73(119-88)57-101-91(107)113-58-65-44-32-26-33-45-65)86(129-134(24,25)100(13,14)15)90(121-75)125-85-78(106)71(102-92(108)114-59-66-46-34-27-35-47-66)56-72(103-93(109)115-60-67-48-36-28-37-49-67)79(85)122-89-76(104-94(110)116-61-68-50-38-29-39-51-68)83(127-132(20,21)98(7,8)9)80-74(120-89)63-112-87(123-80)70-54-42-31-43-55-70/h26-55,71-90,106H,56-64H2,1-25H3,(H,101,107)(H,102,108)(H,103,109)(H,104,110)(H,105,111)/t71-,72+,73+,74-,75-,76-,77-,78+,79-,80-,81-,82-,83-,84-,85-,86-,87?,88-,89-,90+/m1/s1. The first-order valence-electron chi connectivity index (χ1n) is 46.9. The van der Waals surface area contributed by atoms with Crippen LogP contribution in [-0.4, -0.2) is 213 Å². The maximum Gasteiger partial charge on any atom is 0.407 e. The second kappa shape index (κ2) is 45.0. The van der Waals surface area contributed by atoms with Gasteiger partial charge in [-0.25, -0.2) is 24.0 Å². The number of alkyl carbamates (subject to hydrolysis) is 5. The van der Waals surface area contributed by atoms with Gasteiger partial charge in [0.1, 0.15) is 106 Å². The first-order chi connectivity index (χ1) is 62.8. The van der Waals surface area contributed by atoms with Crippen LogP contribution in [0.2, 0.25) is 90.7 Å². The maximum atomic E-state index is 15.4. The minimum absolute atomic E-state index is 0.0464. The van der Waals surface area contributed by atoms with Gasteiger partial charge in [0, 0.05) is 12.1 Å². The minimum Gasteiger partial charge on any atom is -0.445 e. The number of nitrogens with one attached hydrogen (secondary N) is 5. The van der Waals surface area contributed by atoms with Crippen LogP contribution in [0.25, 0.3) is 0 Å². The van der Waals surface area contributed by atoms with Crippen LogP contribution in [0.3, 0.4) is 0 Å². The number of fused-ring (bicyclic) bond motifs is 1. The Labute approximate surface area is 798 Å². The molecule has 1 saturated carbocycles. The Morgan fingerprint density at radius 3 is 1.10 bits per heavy atom. The molecule has 738 valence electrons. The number of hydrogen-bond acceptors (Lipinski definition) is 24. The number of ether oxygens (including phenoxy) is 13. The molecule has 0 radical (unpaired) electrons. The first-order valence-corrected chi connectivity index (χ1v) is 61.4. The lowest BCUT2D eigenvalue weighted by Crippen LogP contribution is -2.72. The molecular weight excluding hydrogens is 1800 g/mol. The van der Waals surface area contributed by atoms with Crippen molar-refractivity contribution in [3.63, 3.8) is 0 Å². The van der Waals surface area contributed by atoms with Gasteiger partial charge in [-0.3, -0.25) is 0 Å². The van der Waals surface area contributed by atoms with Crippen LogP contribution in [0.15, 0.2) is 182 Å². The predicted molar refractivity (Wildman–Crippen MR) is 521 cm³/mol. The summed E-state index contributed by atoms with van der Waals surface area (Å²) in [5.41, 5.74) is 4.22. The minimum atomic E-state index is -3.28. The van der Waals surface area contributed by atoms with Crippen molar-refractivity contribution < 1.29 is 113 Å². The van der Waals surface area contributed by atoms with E-state index in [1.807, 2.05) is 170 Å². The molecule has 0 spiro atoms. The normalized spacial score (nSPS) is 26.8. The summed E-state index contributed by atoms with van der Waals surface area (Å²) in [6, 6.07) is 50.0. The molecule has 0 bridgehead atoms. The zero-order chi connectivity index (χ0) is 97.7. The largest absolute Gasteiger partial charge is 0.445 e. The second-order valence-electron chi connectivity index (χ2n) is 43.3. The van der Waals surface area contributed by atoms with Crippen molar-refractivity contribution in [1.29, 1.82) is 0 Å². The van der Waals surface area contributed by atoms with E-state index in [2.05, 4.69) is 196 Å².